The summed E-state index contributed by atoms with van der Waals surface area (Å²) in [4.78, 5) is 25.3. The molecule has 0 radical (unpaired) electrons. The van der Waals surface area contributed by atoms with Crippen LogP contribution in [0.5, 0.6) is 0 Å². The predicted octanol–water partition coefficient (Wildman–Crippen LogP) is 0.233. The van der Waals surface area contributed by atoms with E-state index in [1.54, 1.807) is 14.2 Å². The lowest BCUT2D eigenvalue weighted by Gasteiger charge is -2.29. The van der Waals surface area contributed by atoms with E-state index in [1.165, 1.54) is 17.7 Å². The van der Waals surface area contributed by atoms with E-state index in [4.69, 9.17) is 4.74 Å². The Labute approximate surface area is 127 Å². The Morgan fingerprint density at radius 2 is 2.24 bits per heavy atom. The zero-order valence-electron chi connectivity index (χ0n) is 13.5. The molecule has 0 bridgehead atoms. The second kappa shape index (κ2) is 9.73. The van der Waals surface area contributed by atoms with Crippen molar-refractivity contribution in [1.29, 1.82) is 0 Å². The van der Waals surface area contributed by atoms with Gasteiger partial charge in [0.1, 0.15) is 0 Å². The molecule has 1 rings (SSSR count). The molecule has 0 aromatic rings. The smallest absolute Gasteiger partial charge is 0.239 e. The van der Waals surface area contributed by atoms with Crippen LogP contribution in [0.25, 0.3) is 0 Å². The highest BCUT2D eigenvalue weighted by Crippen LogP contribution is 2.22. The number of methoxy groups -OCH3 is 1. The van der Waals surface area contributed by atoms with E-state index in [2.05, 4.69) is 17.6 Å². The van der Waals surface area contributed by atoms with Crippen LogP contribution in [0.2, 0.25) is 0 Å². The highest BCUT2D eigenvalue weighted by Gasteiger charge is 2.23. The fourth-order valence-corrected chi connectivity index (χ4v) is 2.61. The molecule has 1 aliphatic heterocycles. The zero-order valence-corrected chi connectivity index (χ0v) is 13.5. The van der Waals surface area contributed by atoms with Gasteiger partial charge in [0.2, 0.25) is 11.8 Å². The maximum atomic E-state index is 12.2. The SMILES string of the molecule is COCCNC(=O)CN(C)C(=O)CC(C)C1CCCNC1. The van der Waals surface area contributed by atoms with Crippen LogP contribution in [-0.2, 0) is 14.3 Å². The molecule has 6 nitrogen and oxygen atoms in total. The lowest BCUT2D eigenvalue weighted by molar-refractivity contribution is -0.135. The van der Waals surface area contributed by atoms with Gasteiger partial charge >= 0.3 is 0 Å². The number of hydrogen-bond acceptors (Lipinski definition) is 4. The first-order valence-corrected chi connectivity index (χ1v) is 7.75. The molecule has 1 saturated heterocycles. The standard InChI is InChI=1S/C15H29N3O3/c1-12(13-5-4-6-16-10-13)9-15(20)18(2)11-14(19)17-7-8-21-3/h12-13,16H,4-11H2,1-3H3,(H,17,19). The number of nitrogens with one attached hydrogen (secondary N) is 2. The van der Waals surface area contributed by atoms with Crippen molar-refractivity contribution in [2.24, 2.45) is 11.8 Å². The summed E-state index contributed by atoms with van der Waals surface area (Å²) in [7, 11) is 3.27. The Hall–Kier alpha value is -1.14. The molecule has 0 spiro atoms. The van der Waals surface area contributed by atoms with Crippen LogP contribution < -0.4 is 10.6 Å². The lowest BCUT2D eigenvalue weighted by atomic mass is 9.85. The molecule has 122 valence electrons. The fraction of sp³-hybridized carbons (Fsp3) is 0.867. The second-order valence-corrected chi connectivity index (χ2v) is 5.88. The van der Waals surface area contributed by atoms with Gasteiger partial charge in [0, 0.05) is 27.1 Å². The largest absolute Gasteiger partial charge is 0.383 e. The molecule has 2 atom stereocenters. The molecule has 2 amide bonds. The summed E-state index contributed by atoms with van der Waals surface area (Å²) in [5.74, 6) is 0.806. The van der Waals surface area contributed by atoms with Crippen molar-refractivity contribution in [2.45, 2.75) is 26.2 Å². The van der Waals surface area contributed by atoms with Crippen molar-refractivity contribution in [1.82, 2.24) is 15.5 Å². The minimum absolute atomic E-state index is 0.0370. The third-order valence-electron chi connectivity index (χ3n) is 4.07. The molecular weight excluding hydrogens is 270 g/mol. The number of carbonyl (C=O) groups is 2. The Bertz CT molecular complexity index is 330. The average Bonchev–Trinajstić information content (AvgIpc) is 2.48. The number of likely N-dealkylation sites (N-methyl/N-ethyl adjacent to an activating group) is 1. The Morgan fingerprint density at radius 1 is 1.48 bits per heavy atom. The molecule has 2 N–H and O–H groups in total. The van der Waals surface area contributed by atoms with Crippen molar-refractivity contribution in [2.75, 3.05) is 46.9 Å². The second-order valence-electron chi connectivity index (χ2n) is 5.88. The number of ether oxygens (including phenoxy) is 1. The maximum Gasteiger partial charge on any atom is 0.239 e. The van der Waals surface area contributed by atoms with E-state index in [-0.39, 0.29) is 18.4 Å². The van der Waals surface area contributed by atoms with Crippen LogP contribution >= 0.6 is 0 Å². The predicted molar refractivity (Wildman–Crippen MR) is 81.9 cm³/mol. The maximum absolute atomic E-state index is 12.2. The number of hydrogen-bond donors (Lipinski definition) is 2. The molecule has 0 aromatic heterocycles. The Kier molecular flexibility index (Phi) is 8.30. The lowest BCUT2D eigenvalue weighted by Crippen LogP contribution is -2.41. The third kappa shape index (κ3) is 6.91. The highest BCUT2D eigenvalue weighted by molar-refractivity contribution is 5.84. The first kappa shape index (κ1) is 17.9. The van der Waals surface area contributed by atoms with Gasteiger partial charge in [-0.2, -0.15) is 0 Å². The summed E-state index contributed by atoms with van der Waals surface area (Å²) in [5.41, 5.74) is 0. The summed E-state index contributed by atoms with van der Waals surface area (Å²) < 4.78 is 4.86. The molecule has 0 saturated carbocycles. The monoisotopic (exact) mass is 299 g/mol. The van der Waals surface area contributed by atoms with Crippen molar-refractivity contribution in [3.8, 4) is 0 Å². The molecule has 0 aliphatic carbocycles. The average molecular weight is 299 g/mol. The van der Waals surface area contributed by atoms with E-state index in [0.29, 0.717) is 31.4 Å². The quantitative estimate of drug-likeness (QED) is 0.630. The van der Waals surface area contributed by atoms with Crippen LogP contribution in [0.3, 0.4) is 0 Å². The number of rotatable bonds is 8. The topological polar surface area (TPSA) is 70.7 Å². The van der Waals surface area contributed by atoms with Crippen LogP contribution in [0, 0.1) is 11.8 Å². The van der Waals surface area contributed by atoms with E-state index in [0.717, 1.165) is 13.1 Å². The van der Waals surface area contributed by atoms with E-state index >= 15 is 0 Å². The number of carbonyl (C=O) groups excluding carboxylic acids is 2. The number of amides is 2. The highest BCUT2D eigenvalue weighted by atomic mass is 16.5. The first-order valence-electron chi connectivity index (χ1n) is 7.75. The molecule has 1 aliphatic rings. The van der Waals surface area contributed by atoms with Gasteiger partial charge in [0.25, 0.3) is 0 Å². The van der Waals surface area contributed by atoms with Crippen LogP contribution in [0.15, 0.2) is 0 Å². The number of nitrogens with zero attached hydrogens (tertiary/aromatic N) is 1. The minimum atomic E-state index is -0.144. The summed E-state index contributed by atoms with van der Waals surface area (Å²) in [6.45, 7) is 5.27. The summed E-state index contributed by atoms with van der Waals surface area (Å²) in [6.07, 6.45) is 2.87. The molecule has 6 heteroatoms. The van der Waals surface area contributed by atoms with E-state index in [1.807, 2.05) is 0 Å². The van der Waals surface area contributed by atoms with Gasteiger partial charge in [-0.25, -0.2) is 0 Å². The van der Waals surface area contributed by atoms with Gasteiger partial charge in [-0.1, -0.05) is 6.92 Å². The van der Waals surface area contributed by atoms with Crippen molar-refractivity contribution >= 4 is 11.8 Å². The fourth-order valence-electron chi connectivity index (χ4n) is 2.61. The first-order chi connectivity index (χ1) is 10.0. The van der Waals surface area contributed by atoms with Crippen molar-refractivity contribution in [3.05, 3.63) is 0 Å². The van der Waals surface area contributed by atoms with E-state index in [9.17, 15) is 9.59 Å². The summed E-state index contributed by atoms with van der Waals surface area (Å²) in [6, 6.07) is 0. The van der Waals surface area contributed by atoms with Gasteiger partial charge < -0.3 is 20.3 Å². The molecule has 2 unspecified atom stereocenters. The van der Waals surface area contributed by atoms with Crippen molar-refractivity contribution < 1.29 is 14.3 Å². The van der Waals surface area contributed by atoms with Crippen LogP contribution in [-0.4, -0.2) is 63.7 Å². The summed E-state index contributed by atoms with van der Waals surface area (Å²) >= 11 is 0. The molecule has 1 heterocycles. The Morgan fingerprint density at radius 3 is 2.86 bits per heavy atom. The molecule has 0 aromatic carbocycles. The van der Waals surface area contributed by atoms with Gasteiger partial charge in [-0.3, -0.25) is 9.59 Å². The van der Waals surface area contributed by atoms with Gasteiger partial charge in [-0.05, 0) is 37.8 Å². The third-order valence-corrected chi connectivity index (χ3v) is 4.07. The zero-order chi connectivity index (χ0) is 15.7. The van der Waals surface area contributed by atoms with Gasteiger partial charge in [0.05, 0.1) is 13.2 Å². The van der Waals surface area contributed by atoms with Crippen LogP contribution in [0.1, 0.15) is 26.2 Å². The van der Waals surface area contributed by atoms with Gasteiger partial charge in [-0.15, -0.1) is 0 Å². The van der Waals surface area contributed by atoms with Gasteiger partial charge in [0.15, 0.2) is 0 Å². The molecule has 1 fully saturated rings. The van der Waals surface area contributed by atoms with Crippen LogP contribution in [0.4, 0.5) is 0 Å². The summed E-state index contributed by atoms with van der Waals surface area (Å²) in [5, 5.41) is 6.10. The molecular formula is C15H29N3O3. The minimum Gasteiger partial charge on any atom is -0.383 e. The Balaban J connectivity index is 2.27. The normalized spacial score (nSPS) is 19.9. The molecule has 21 heavy (non-hydrogen) atoms. The number of piperidine rings is 1. The van der Waals surface area contributed by atoms with E-state index < -0.39 is 0 Å². The van der Waals surface area contributed by atoms with Crippen molar-refractivity contribution in [3.63, 3.8) is 0 Å².